The normalized spacial score (nSPS) is 19.1. The highest BCUT2D eigenvalue weighted by Gasteiger charge is 2.17. The molecule has 0 aromatic rings. The largest absolute Gasteiger partial charge is 0.460 e. The number of hydrogen-bond acceptors (Lipinski definition) is 5. The molecule has 0 aliphatic carbocycles. The van der Waals surface area contributed by atoms with Crippen molar-refractivity contribution in [1.82, 2.24) is 0 Å². The van der Waals surface area contributed by atoms with Crippen molar-refractivity contribution in [2.75, 3.05) is 19.8 Å². The molecule has 0 amide bonds. The summed E-state index contributed by atoms with van der Waals surface area (Å²) in [5, 5.41) is 0. The molecule has 1 saturated heterocycles. The molecule has 0 aromatic heterocycles. The maximum Gasteiger partial charge on any atom is 0.334 e. The van der Waals surface area contributed by atoms with Crippen molar-refractivity contribution in [2.45, 2.75) is 18.9 Å². The van der Waals surface area contributed by atoms with E-state index in [2.05, 4.69) is 4.84 Å². The van der Waals surface area contributed by atoms with Crippen molar-refractivity contribution in [1.29, 1.82) is 0 Å². The van der Waals surface area contributed by atoms with E-state index in [-0.39, 0.29) is 12.7 Å². The molecule has 5 heteroatoms. The molecule has 5 nitrogen and oxygen atoms in total. The fourth-order valence-electron chi connectivity index (χ4n) is 1.08. The highest BCUT2D eigenvalue weighted by molar-refractivity contribution is 5.70. The van der Waals surface area contributed by atoms with Gasteiger partial charge in [0, 0.05) is 12.8 Å². The van der Waals surface area contributed by atoms with Crippen molar-refractivity contribution in [3.8, 4) is 0 Å². The molecule has 12 heavy (non-hydrogen) atoms. The number of nitrogens with two attached hydrogens (primary N) is 1. The van der Waals surface area contributed by atoms with E-state index < -0.39 is 5.97 Å². The van der Waals surface area contributed by atoms with E-state index in [1.807, 2.05) is 0 Å². The van der Waals surface area contributed by atoms with Gasteiger partial charge in [0.1, 0.15) is 6.10 Å². The Morgan fingerprint density at radius 2 is 2.17 bits per heavy atom. The lowest BCUT2D eigenvalue weighted by Crippen LogP contribution is -2.28. The molecule has 0 spiro atoms. The second-order valence-corrected chi connectivity index (χ2v) is 2.61. The van der Waals surface area contributed by atoms with Crippen molar-refractivity contribution in [2.24, 2.45) is 5.90 Å². The maximum absolute atomic E-state index is 10.8. The lowest BCUT2D eigenvalue weighted by Gasteiger charge is -2.21. The number of carbonyl (C=O) groups is 1. The van der Waals surface area contributed by atoms with Crippen LogP contribution in [0.1, 0.15) is 12.8 Å². The first-order chi connectivity index (χ1) is 5.83. The number of rotatable bonds is 3. The zero-order valence-corrected chi connectivity index (χ0v) is 6.82. The Hall–Kier alpha value is -0.650. The van der Waals surface area contributed by atoms with Gasteiger partial charge in [-0.25, -0.2) is 10.7 Å². The minimum Gasteiger partial charge on any atom is -0.460 e. The van der Waals surface area contributed by atoms with E-state index in [1.165, 1.54) is 0 Å². The molecule has 1 heterocycles. The van der Waals surface area contributed by atoms with E-state index in [9.17, 15) is 4.79 Å². The molecule has 0 saturated carbocycles. The van der Waals surface area contributed by atoms with Crippen molar-refractivity contribution < 1.29 is 19.1 Å². The van der Waals surface area contributed by atoms with Crippen molar-refractivity contribution in [3.05, 3.63) is 0 Å². The number of esters is 1. The van der Waals surface area contributed by atoms with E-state index in [0.717, 1.165) is 12.8 Å². The Labute approximate surface area is 70.7 Å². The van der Waals surface area contributed by atoms with Gasteiger partial charge in [-0.1, -0.05) is 0 Å². The van der Waals surface area contributed by atoms with Crippen LogP contribution >= 0.6 is 0 Å². The van der Waals surface area contributed by atoms with Crippen LogP contribution in [0.25, 0.3) is 0 Å². The summed E-state index contributed by atoms with van der Waals surface area (Å²) in [7, 11) is 0. The predicted molar refractivity (Wildman–Crippen MR) is 40.1 cm³/mol. The third-order valence-electron chi connectivity index (χ3n) is 1.67. The quantitative estimate of drug-likeness (QED) is 0.466. The van der Waals surface area contributed by atoms with Crippen LogP contribution in [0.3, 0.4) is 0 Å². The average Bonchev–Trinajstić information content (AvgIpc) is 2.06. The number of carbonyl (C=O) groups excluding carboxylic acids is 1. The van der Waals surface area contributed by atoms with Crippen molar-refractivity contribution >= 4 is 5.97 Å². The molecule has 1 aliphatic rings. The summed E-state index contributed by atoms with van der Waals surface area (Å²) in [6.45, 7) is 1.13. The molecule has 0 bridgehead atoms. The molecule has 0 unspecified atom stereocenters. The molecular formula is C7H13NO4. The molecule has 1 fully saturated rings. The summed E-state index contributed by atoms with van der Waals surface area (Å²) < 4.78 is 10.1. The highest BCUT2D eigenvalue weighted by Crippen LogP contribution is 2.10. The molecule has 70 valence electrons. The summed E-state index contributed by atoms with van der Waals surface area (Å²) in [4.78, 5) is 15.0. The third-order valence-corrected chi connectivity index (χ3v) is 1.67. The maximum atomic E-state index is 10.8. The highest BCUT2D eigenvalue weighted by atomic mass is 16.6. The summed E-state index contributed by atoms with van der Waals surface area (Å²) >= 11 is 0. The Bertz CT molecular complexity index is 144. The van der Waals surface area contributed by atoms with E-state index >= 15 is 0 Å². The fourth-order valence-corrected chi connectivity index (χ4v) is 1.08. The molecule has 2 N–H and O–H groups in total. The van der Waals surface area contributed by atoms with Crippen LogP contribution in [0.15, 0.2) is 0 Å². The summed E-state index contributed by atoms with van der Waals surface area (Å²) in [5.41, 5.74) is 0. The van der Waals surface area contributed by atoms with Gasteiger partial charge in [-0.3, -0.25) is 4.84 Å². The van der Waals surface area contributed by atoms with Gasteiger partial charge in [-0.15, -0.1) is 0 Å². The first kappa shape index (κ1) is 9.44. The molecule has 1 aliphatic heterocycles. The molecule has 1 rings (SSSR count). The Balaban J connectivity index is 2.15. The smallest absolute Gasteiger partial charge is 0.334 e. The van der Waals surface area contributed by atoms with Gasteiger partial charge in [0.25, 0.3) is 0 Å². The van der Waals surface area contributed by atoms with Gasteiger partial charge in [0.05, 0.1) is 13.2 Å². The second kappa shape index (κ2) is 5.08. The minimum atomic E-state index is -0.413. The van der Waals surface area contributed by atoms with Gasteiger partial charge >= 0.3 is 5.97 Å². The van der Waals surface area contributed by atoms with Crippen LogP contribution in [0.2, 0.25) is 0 Å². The van der Waals surface area contributed by atoms with Crippen LogP contribution in [0.5, 0.6) is 0 Å². The zero-order valence-electron chi connectivity index (χ0n) is 6.82. The first-order valence-electron chi connectivity index (χ1n) is 3.92. The Morgan fingerprint density at radius 1 is 1.50 bits per heavy atom. The fraction of sp³-hybridized carbons (Fsp3) is 0.857. The average molecular weight is 175 g/mol. The Kier molecular flexibility index (Phi) is 3.99. The Morgan fingerprint density at radius 3 is 2.75 bits per heavy atom. The molecule has 0 atom stereocenters. The number of hydrogen-bond donors (Lipinski definition) is 1. The minimum absolute atomic E-state index is 0.0265. The van der Waals surface area contributed by atoms with Gasteiger partial charge < -0.3 is 9.47 Å². The standard InChI is InChI=1S/C7H13NO4/c8-11-5-7(9)12-6-1-3-10-4-2-6/h6H,1-5,8H2. The van der Waals surface area contributed by atoms with Crippen LogP contribution in [-0.2, 0) is 19.1 Å². The van der Waals surface area contributed by atoms with Crippen LogP contribution in [0, 0.1) is 0 Å². The van der Waals surface area contributed by atoms with E-state index in [0.29, 0.717) is 13.2 Å². The molecule has 0 radical (unpaired) electrons. The number of ether oxygens (including phenoxy) is 2. The SMILES string of the molecule is NOCC(=O)OC1CCOCC1. The van der Waals surface area contributed by atoms with Gasteiger partial charge in [-0.2, -0.15) is 0 Å². The summed E-state index contributed by atoms with van der Waals surface area (Å²) in [5.74, 6) is 4.30. The van der Waals surface area contributed by atoms with Crippen LogP contribution in [0.4, 0.5) is 0 Å². The lowest BCUT2D eigenvalue weighted by molar-refractivity contribution is -0.158. The lowest BCUT2D eigenvalue weighted by atomic mass is 10.2. The van der Waals surface area contributed by atoms with Gasteiger partial charge in [-0.05, 0) is 0 Å². The third kappa shape index (κ3) is 3.17. The molecular weight excluding hydrogens is 162 g/mol. The van der Waals surface area contributed by atoms with E-state index in [1.54, 1.807) is 0 Å². The first-order valence-corrected chi connectivity index (χ1v) is 3.92. The predicted octanol–water partition coefficient (Wildman–Crippen LogP) is -0.401. The summed E-state index contributed by atoms with van der Waals surface area (Å²) in [6, 6.07) is 0. The van der Waals surface area contributed by atoms with Crippen molar-refractivity contribution in [3.63, 3.8) is 0 Å². The second-order valence-electron chi connectivity index (χ2n) is 2.61. The topological polar surface area (TPSA) is 70.8 Å². The molecule has 0 aromatic carbocycles. The van der Waals surface area contributed by atoms with Crippen LogP contribution < -0.4 is 5.90 Å². The van der Waals surface area contributed by atoms with Crippen LogP contribution in [-0.4, -0.2) is 31.9 Å². The summed E-state index contributed by atoms with van der Waals surface area (Å²) in [6.07, 6.45) is 1.49. The zero-order chi connectivity index (χ0) is 8.81. The monoisotopic (exact) mass is 175 g/mol. The van der Waals surface area contributed by atoms with Gasteiger partial charge in [0.2, 0.25) is 0 Å². The van der Waals surface area contributed by atoms with Gasteiger partial charge in [0.15, 0.2) is 6.61 Å². The van der Waals surface area contributed by atoms with E-state index in [4.69, 9.17) is 15.4 Å².